The van der Waals surface area contributed by atoms with E-state index in [-0.39, 0.29) is 23.5 Å². The summed E-state index contributed by atoms with van der Waals surface area (Å²) in [6.45, 7) is 10.0. The zero-order valence-corrected chi connectivity index (χ0v) is 20.1. The summed E-state index contributed by atoms with van der Waals surface area (Å²) in [6, 6.07) is 14.1. The van der Waals surface area contributed by atoms with Crippen LogP contribution in [0.15, 0.2) is 48.7 Å². The average molecular weight is 458 g/mol. The fraction of sp³-hybridized carbons (Fsp3) is 0.385. The van der Waals surface area contributed by atoms with Crippen LogP contribution in [0.1, 0.15) is 56.1 Å². The van der Waals surface area contributed by atoms with E-state index in [0.717, 1.165) is 36.1 Å². The lowest BCUT2D eigenvalue weighted by atomic mass is 10.1. The van der Waals surface area contributed by atoms with Crippen LogP contribution in [0.5, 0.6) is 0 Å². The third kappa shape index (κ3) is 4.38. The third-order valence-electron chi connectivity index (χ3n) is 6.38. The Kier molecular flexibility index (Phi) is 5.58. The molecule has 5 rings (SSSR count). The van der Waals surface area contributed by atoms with Crippen molar-refractivity contribution < 1.29 is 4.79 Å². The number of hydrogen-bond acceptors (Lipinski definition) is 6. The molecule has 8 nitrogen and oxygen atoms in total. The highest BCUT2D eigenvalue weighted by atomic mass is 16.1. The van der Waals surface area contributed by atoms with Crippen LogP contribution >= 0.6 is 0 Å². The monoisotopic (exact) mass is 457 g/mol. The second kappa shape index (κ2) is 8.45. The number of amides is 1. The number of carbonyl (C=O) groups excluding carboxylic acids is 1. The molecule has 3 aromatic heterocycles. The Balaban J connectivity index is 1.50. The van der Waals surface area contributed by atoms with Crippen LogP contribution < -0.4 is 11.1 Å². The van der Waals surface area contributed by atoms with Crippen LogP contribution in [-0.2, 0) is 0 Å². The van der Waals surface area contributed by atoms with E-state index in [1.807, 2.05) is 61.6 Å². The smallest absolute Gasteiger partial charge is 0.251 e. The molecule has 0 radical (unpaired) electrons. The topological polar surface area (TPSA) is 101 Å². The standard InChI is InChI=1S/C26H31N7O/c1-16(32-12-11-20(27)15-32)19-8-10-23-30-31-24(33(23)14-19)21-9-7-17-5-6-18(13-22(17)28-21)25(34)29-26(2,3)4/h5-10,13-14,16,20H,11-12,15,27H2,1-4H3,(H,29,34)/t16-,20+/m0/s1. The first-order chi connectivity index (χ1) is 16.2. The summed E-state index contributed by atoms with van der Waals surface area (Å²) in [7, 11) is 0. The first kappa shape index (κ1) is 22.4. The van der Waals surface area contributed by atoms with E-state index in [9.17, 15) is 4.79 Å². The molecule has 1 aliphatic rings. The highest BCUT2D eigenvalue weighted by Crippen LogP contribution is 2.27. The lowest BCUT2D eigenvalue weighted by Crippen LogP contribution is -2.40. The summed E-state index contributed by atoms with van der Waals surface area (Å²) < 4.78 is 1.99. The van der Waals surface area contributed by atoms with Gasteiger partial charge in [-0.3, -0.25) is 14.1 Å². The Morgan fingerprint density at radius 2 is 1.94 bits per heavy atom. The molecule has 4 heterocycles. The molecule has 34 heavy (non-hydrogen) atoms. The van der Waals surface area contributed by atoms with Crippen molar-refractivity contribution in [3.8, 4) is 11.5 Å². The Morgan fingerprint density at radius 1 is 1.15 bits per heavy atom. The van der Waals surface area contributed by atoms with Gasteiger partial charge in [-0.2, -0.15) is 0 Å². The van der Waals surface area contributed by atoms with Gasteiger partial charge in [0.05, 0.1) is 5.52 Å². The van der Waals surface area contributed by atoms with Gasteiger partial charge in [-0.05, 0) is 63.9 Å². The minimum atomic E-state index is -0.309. The van der Waals surface area contributed by atoms with E-state index in [2.05, 4.69) is 39.6 Å². The third-order valence-corrected chi connectivity index (χ3v) is 6.38. The average Bonchev–Trinajstić information content (AvgIpc) is 3.42. The van der Waals surface area contributed by atoms with Gasteiger partial charge in [0.15, 0.2) is 11.5 Å². The van der Waals surface area contributed by atoms with Crippen LogP contribution in [0.4, 0.5) is 0 Å². The normalized spacial score (nSPS) is 18.0. The SMILES string of the molecule is C[C@@H](c1ccc2nnc(-c3ccc4ccc(C(=O)NC(C)(C)C)cc4n3)n2c1)N1CC[C@@H](N)C1. The Hall–Kier alpha value is -3.36. The fourth-order valence-electron chi connectivity index (χ4n) is 4.50. The number of hydrogen-bond donors (Lipinski definition) is 2. The Labute approximate surface area is 199 Å². The van der Waals surface area contributed by atoms with Gasteiger partial charge >= 0.3 is 0 Å². The number of likely N-dealkylation sites (tertiary alicyclic amines) is 1. The first-order valence-electron chi connectivity index (χ1n) is 11.8. The molecule has 3 N–H and O–H groups in total. The minimum absolute atomic E-state index is 0.116. The Morgan fingerprint density at radius 3 is 2.68 bits per heavy atom. The molecular weight excluding hydrogens is 426 g/mol. The molecule has 1 aliphatic heterocycles. The van der Waals surface area contributed by atoms with Gasteiger partial charge in [-0.15, -0.1) is 10.2 Å². The second-order valence-electron chi connectivity index (χ2n) is 10.2. The zero-order valence-electron chi connectivity index (χ0n) is 20.1. The van der Waals surface area contributed by atoms with Gasteiger partial charge in [0.25, 0.3) is 5.91 Å². The number of rotatable bonds is 4. The van der Waals surface area contributed by atoms with E-state index in [1.165, 1.54) is 5.56 Å². The van der Waals surface area contributed by atoms with Crippen molar-refractivity contribution in [3.63, 3.8) is 0 Å². The predicted molar refractivity (Wildman–Crippen MR) is 134 cm³/mol. The number of nitrogens with zero attached hydrogens (tertiary/aromatic N) is 5. The van der Waals surface area contributed by atoms with Crippen molar-refractivity contribution >= 4 is 22.5 Å². The van der Waals surface area contributed by atoms with Gasteiger partial charge in [0.2, 0.25) is 0 Å². The lowest BCUT2D eigenvalue weighted by molar-refractivity contribution is 0.0919. The largest absolute Gasteiger partial charge is 0.347 e. The van der Waals surface area contributed by atoms with Crippen molar-refractivity contribution in [3.05, 3.63) is 59.8 Å². The molecule has 4 aromatic rings. The van der Waals surface area contributed by atoms with E-state index in [0.29, 0.717) is 17.1 Å². The molecule has 1 amide bonds. The second-order valence-corrected chi connectivity index (χ2v) is 10.2. The number of pyridine rings is 2. The van der Waals surface area contributed by atoms with Crippen molar-refractivity contribution in [2.75, 3.05) is 13.1 Å². The number of carbonyl (C=O) groups is 1. The molecular formula is C26H31N7O. The van der Waals surface area contributed by atoms with Crippen LogP contribution in [-0.4, -0.2) is 55.1 Å². The molecule has 1 saturated heterocycles. The van der Waals surface area contributed by atoms with Crippen LogP contribution in [0.25, 0.3) is 28.1 Å². The molecule has 0 bridgehead atoms. The van der Waals surface area contributed by atoms with Gasteiger partial charge in [0.1, 0.15) is 5.69 Å². The van der Waals surface area contributed by atoms with Crippen molar-refractivity contribution in [2.24, 2.45) is 5.73 Å². The molecule has 0 saturated carbocycles. The number of nitrogens with one attached hydrogen (secondary N) is 1. The summed E-state index contributed by atoms with van der Waals surface area (Å²) in [6.07, 6.45) is 3.12. The summed E-state index contributed by atoms with van der Waals surface area (Å²) in [5.41, 5.74) is 9.80. The van der Waals surface area contributed by atoms with E-state index in [4.69, 9.17) is 10.7 Å². The summed E-state index contributed by atoms with van der Waals surface area (Å²) in [4.78, 5) is 19.9. The quantitative estimate of drug-likeness (QED) is 0.486. The van der Waals surface area contributed by atoms with Gasteiger partial charge in [-0.25, -0.2) is 4.98 Å². The fourth-order valence-corrected chi connectivity index (χ4v) is 4.50. The zero-order chi connectivity index (χ0) is 24.0. The van der Waals surface area contributed by atoms with Crippen LogP contribution in [0, 0.1) is 0 Å². The highest BCUT2D eigenvalue weighted by Gasteiger charge is 2.25. The molecule has 1 aromatic carbocycles. The molecule has 8 heteroatoms. The van der Waals surface area contributed by atoms with Gasteiger partial charge in [-0.1, -0.05) is 18.2 Å². The summed E-state index contributed by atoms with van der Waals surface area (Å²) in [5.74, 6) is 0.559. The van der Waals surface area contributed by atoms with Crippen molar-refractivity contribution in [1.82, 2.24) is 29.8 Å². The van der Waals surface area contributed by atoms with E-state index >= 15 is 0 Å². The number of aromatic nitrogens is 4. The molecule has 0 unspecified atom stereocenters. The summed E-state index contributed by atoms with van der Waals surface area (Å²) in [5, 5.41) is 12.7. The number of fused-ring (bicyclic) bond motifs is 2. The first-order valence-corrected chi connectivity index (χ1v) is 11.8. The molecule has 2 atom stereocenters. The number of benzene rings is 1. The maximum absolute atomic E-state index is 12.6. The van der Waals surface area contributed by atoms with Crippen LogP contribution in [0.2, 0.25) is 0 Å². The molecule has 0 spiro atoms. The number of nitrogens with two attached hydrogens (primary N) is 1. The van der Waals surface area contributed by atoms with Gasteiger partial charge in [0, 0.05) is 47.9 Å². The predicted octanol–water partition coefficient (Wildman–Crippen LogP) is 3.57. The lowest BCUT2D eigenvalue weighted by Gasteiger charge is -2.24. The van der Waals surface area contributed by atoms with Gasteiger partial charge < -0.3 is 11.1 Å². The Bertz CT molecular complexity index is 1370. The van der Waals surface area contributed by atoms with E-state index < -0.39 is 0 Å². The van der Waals surface area contributed by atoms with Crippen molar-refractivity contribution in [2.45, 2.75) is 51.7 Å². The molecule has 176 valence electrons. The minimum Gasteiger partial charge on any atom is -0.347 e. The molecule has 1 fully saturated rings. The summed E-state index contributed by atoms with van der Waals surface area (Å²) >= 11 is 0. The maximum Gasteiger partial charge on any atom is 0.251 e. The highest BCUT2D eigenvalue weighted by molar-refractivity contribution is 5.98. The van der Waals surface area contributed by atoms with Crippen molar-refractivity contribution in [1.29, 1.82) is 0 Å². The molecule has 0 aliphatic carbocycles. The maximum atomic E-state index is 12.6. The van der Waals surface area contributed by atoms with E-state index in [1.54, 1.807) is 0 Å². The van der Waals surface area contributed by atoms with Crippen LogP contribution in [0.3, 0.4) is 0 Å².